The van der Waals surface area contributed by atoms with Gasteiger partial charge < -0.3 is 4.90 Å². The van der Waals surface area contributed by atoms with Gasteiger partial charge in [-0.1, -0.05) is 13.8 Å². The van der Waals surface area contributed by atoms with Gasteiger partial charge in [0.25, 0.3) is 0 Å². The summed E-state index contributed by atoms with van der Waals surface area (Å²) in [6.45, 7) is 13.4. The fourth-order valence-corrected chi connectivity index (χ4v) is 2.56. The summed E-state index contributed by atoms with van der Waals surface area (Å²) in [5.41, 5.74) is -0.00817. The molecule has 1 unspecified atom stereocenters. The number of carbonyl (C=O) groups is 1. The van der Waals surface area contributed by atoms with Gasteiger partial charge in [0.1, 0.15) is 0 Å². The number of fused-ring (bicyclic) bond motifs is 1. The zero-order chi connectivity index (χ0) is 12.3. The first-order chi connectivity index (χ1) is 7.50. The number of rotatable bonds is 0. The van der Waals surface area contributed by atoms with E-state index in [9.17, 15) is 4.79 Å². The molecule has 16 heavy (non-hydrogen) atoms. The van der Waals surface area contributed by atoms with Crippen molar-refractivity contribution in [1.29, 1.82) is 0 Å². The van der Waals surface area contributed by atoms with Crippen LogP contribution < -0.4 is 0 Å². The number of carbonyl (C=O) groups excluding carboxylic acids is 1. The molecule has 1 atom stereocenters. The Balaban J connectivity index is 0.000000606. The number of amides is 1. The molecule has 2 saturated heterocycles. The maximum atomic E-state index is 12.1. The van der Waals surface area contributed by atoms with Crippen molar-refractivity contribution in [2.45, 2.75) is 59.0 Å². The van der Waals surface area contributed by atoms with E-state index in [1.54, 1.807) is 0 Å². The van der Waals surface area contributed by atoms with Crippen LogP contribution in [0.1, 0.15) is 47.5 Å². The summed E-state index contributed by atoms with van der Waals surface area (Å²) in [6, 6.07) is 0.197. The van der Waals surface area contributed by atoms with Gasteiger partial charge in [0.2, 0.25) is 5.91 Å². The quantitative estimate of drug-likeness (QED) is 0.631. The Morgan fingerprint density at radius 3 is 2.31 bits per heavy atom. The lowest BCUT2D eigenvalue weighted by molar-refractivity contribution is -0.145. The smallest absolute Gasteiger partial charge is 0.240 e. The molecule has 0 saturated carbocycles. The standard InChI is InChI=1S/C11H20N2O.C2H6/c1-11(2,3)13-8-7-12-6-4-5-9(12)10(13)14;1-2/h9H,4-8H2,1-3H3;1-2H3. The monoisotopic (exact) mass is 226 g/mol. The number of nitrogens with zero attached hydrogens (tertiary/aromatic N) is 2. The fourth-order valence-electron chi connectivity index (χ4n) is 2.56. The van der Waals surface area contributed by atoms with Crippen molar-refractivity contribution in [2.24, 2.45) is 0 Å². The Kier molecular flexibility index (Phi) is 4.36. The van der Waals surface area contributed by atoms with Crippen molar-refractivity contribution in [3.8, 4) is 0 Å². The zero-order valence-electron chi connectivity index (χ0n) is 11.4. The maximum Gasteiger partial charge on any atom is 0.240 e. The highest BCUT2D eigenvalue weighted by Crippen LogP contribution is 2.26. The van der Waals surface area contributed by atoms with Gasteiger partial charge in [-0.2, -0.15) is 0 Å². The summed E-state index contributed by atoms with van der Waals surface area (Å²) in [6.07, 6.45) is 2.25. The van der Waals surface area contributed by atoms with Crippen molar-refractivity contribution in [2.75, 3.05) is 19.6 Å². The van der Waals surface area contributed by atoms with E-state index in [1.165, 1.54) is 6.42 Å². The van der Waals surface area contributed by atoms with Crippen LogP contribution in [0, 0.1) is 0 Å². The van der Waals surface area contributed by atoms with Crippen LogP contribution in [-0.4, -0.2) is 46.9 Å². The van der Waals surface area contributed by atoms with E-state index in [1.807, 2.05) is 18.7 Å². The Labute approximate surface area is 99.8 Å². The van der Waals surface area contributed by atoms with Gasteiger partial charge in [-0.25, -0.2) is 0 Å². The number of hydrogen-bond donors (Lipinski definition) is 0. The van der Waals surface area contributed by atoms with Gasteiger partial charge in [-0.15, -0.1) is 0 Å². The van der Waals surface area contributed by atoms with Crippen LogP contribution in [0.3, 0.4) is 0 Å². The lowest BCUT2D eigenvalue weighted by Gasteiger charge is -2.44. The van der Waals surface area contributed by atoms with Crippen LogP contribution in [0.5, 0.6) is 0 Å². The molecule has 94 valence electrons. The van der Waals surface area contributed by atoms with Crippen molar-refractivity contribution in [3.63, 3.8) is 0 Å². The van der Waals surface area contributed by atoms with Crippen LogP contribution >= 0.6 is 0 Å². The minimum absolute atomic E-state index is 0.00817. The molecular formula is C13H26N2O. The first-order valence-electron chi connectivity index (χ1n) is 6.56. The SMILES string of the molecule is CC.CC(C)(C)N1CCN2CCCC2C1=O. The molecule has 0 radical (unpaired) electrons. The average molecular weight is 226 g/mol. The highest BCUT2D eigenvalue weighted by atomic mass is 16.2. The van der Waals surface area contributed by atoms with E-state index >= 15 is 0 Å². The number of piperazine rings is 1. The third-order valence-corrected chi connectivity index (χ3v) is 3.34. The Bertz CT molecular complexity index is 245. The summed E-state index contributed by atoms with van der Waals surface area (Å²) >= 11 is 0. The maximum absolute atomic E-state index is 12.1. The van der Waals surface area contributed by atoms with Crippen molar-refractivity contribution < 1.29 is 4.79 Å². The second kappa shape index (κ2) is 5.17. The molecule has 1 amide bonds. The predicted molar refractivity (Wildman–Crippen MR) is 67.4 cm³/mol. The molecule has 0 aliphatic carbocycles. The van der Waals surface area contributed by atoms with Crippen molar-refractivity contribution in [1.82, 2.24) is 9.80 Å². The van der Waals surface area contributed by atoms with Crippen LogP contribution in [0.4, 0.5) is 0 Å². The minimum Gasteiger partial charge on any atom is -0.335 e. The fraction of sp³-hybridized carbons (Fsp3) is 0.923. The molecule has 2 fully saturated rings. The van der Waals surface area contributed by atoms with Gasteiger partial charge >= 0.3 is 0 Å². The molecule has 0 spiro atoms. The third kappa shape index (κ3) is 2.57. The van der Waals surface area contributed by atoms with Crippen molar-refractivity contribution in [3.05, 3.63) is 0 Å². The van der Waals surface area contributed by atoms with E-state index in [-0.39, 0.29) is 11.6 Å². The van der Waals surface area contributed by atoms with Gasteiger partial charge in [0, 0.05) is 18.6 Å². The topological polar surface area (TPSA) is 23.6 Å². The lowest BCUT2D eigenvalue weighted by atomic mass is 10.0. The molecule has 0 aromatic rings. The van der Waals surface area contributed by atoms with Crippen molar-refractivity contribution >= 4 is 5.91 Å². The first kappa shape index (κ1) is 13.5. The molecule has 0 N–H and O–H groups in total. The van der Waals surface area contributed by atoms with Crippen LogP contribution in [0.25, 0.3) is 0 Å². The molecule has 3 heteroatoms. The lowest BCUT2D eigenvalue weighted by Crippen LogP contribution is -2.59. The Morgan fingerprint density at radius 1 is 1.12 bits per heavy atom. The van der Waals surface area contributed by atoms with Gasteiger partial charge in [0.05, 0.1) is 6.04 Å². The van der Waals surface area contributed by atoms with Crippen LogP contribution in [0.15, 0.2) is 0 Å². The van der Waals surface area contributed by atoms with Gasteiger partial charge in [-0.05, 0) is 40.2 Å². The average Bonchev–Trinajstić information content (AvgIpc) is 2.68. The molecule has 2 heterocycles. The predicted octanol–water partition coefficient (Wildman–Crippen LogP) is 2.12. The molecule has 0 bridgehead atoms. The second-order valence-corrected chi connectivity index (χ2v) is 5.35. The molecule has 2 aliphatic heterocycles. The molecule has 3 nitrogen and oxygen atoms in total. The van der Waals surface area contributed by atoms with Gasteiger partial charge in [0.15, 0.2) is 0 Å². The molecule has 0 aromatic carbocycles. The Hall–Kier alpha value is -0.570. The molecule has 2 rings (SSSR count). The van der Waals surface area contributed by atoms with Crippen LogP contribution in [0.2, 0.25) is 0 Å². The highest BCUT2D eigenvalue weighted by molar-refractivity contribution is 5.83. The van der Waals surface area contributed by atoms with E-state index in [0.717, 1.165) is 26.1 Å². The summed E-state index contributed by atoms with van der Waals surface area (Å²) in [4.78, 5) is 16.5. The van der Waals surface area contributed by atoms with Gasteiger partial charge in [-0.3, -0.25) is 9.69 Å². The zero-order valence-corrected chi connectivity index (χ0v) is 11.4. The van der Waals surface area contributed by atoms with E-state index in [2.05, 4.69) is 25.7 Å². The van der Waals surface area contributed by atoms with E-state index in [0.29, 0.717) is 5.91 Å². The summed E-state index contributed by atoms with van der Waals surface area (Å²) in [5, 5.41) is 0. The minimum atomic E-state index is -0.00817. The summed E-state index contributed by atoms with van der Waals surface area (Å²) < 4.78 is 0. The summed E-state index contributed by atoms with van der Waals surface area (Å²) in [7, 11) is 0. The molecule has 0 aromatic heterocycles. The summed E-state index contributed by atoms with van der Waals surface area (Å²) in [5.74, 6) is 0.348. The van der Waals surface area contributed by atoms with E-state index < -0.39 is 0 Å². The number of hydrogen-bond acceptors (Lipinski definition) is 2. The Morgan fingerprint density at radius 2 is 1.75 bits per heavy atom. The van der Waals surface area contributed by atoms with E-state index in [4.69, 9.17) is 0 Å². The third-order valence-electron chi connectivity index (χ3n) is 3.34. The molecule has 2 aliphatic rings. The normalized spacial score (nSPS) is 26.2. The van der Waals surface area contributed by atoms with Crippen LogP contribution in [-0.2, 0) is 4.79 Å². The molecular weight excluding hydrogens is 200 g/mol. The highest BCUT2D eigenvalue weighted by Gasteiger charge is 2.40. The largest absolute Gasteiger partial charge is 0.335 e. The second-order valence-electron chi connectivity index (χ2n) is 5.35. The first-order valence-corrected chi connectivity index (χ1v) is 6.56.